The van der Waals surface area contributed by atoms with Crippen molar-refractivity contribution in [3.05, 3.63) is 58.3 Å². The van der Waals surface area contributed by atoms with E-state index in [9.17, 15) is 28.1 Å². The van der Waals surface area contributed by atoms with Gasteiger partial charge in [0, 0.05) is 44.7 Å². The molecule has 0 saturated carbocycles. The molecule has 3 rings (SSSR count). The smallest absolute Gasteiger partial charge is 0.338 e. The van der Waals surface area contributed by atoms with Crippen molar-refractivity contribution < 1.29 is 27.7 Å². The number of pyridine rings is 1. The molecule has 31 heavy (non-hydrogen) atoms. The Morgan fingerprint density at radius 2 is 1.87 bits per heavy atom. The van der Waals surface area contributed by atoms with Crippen LogP contribution in [-0.2, 0) is 19.4 Å². The number of hydrogen-bond acceptors (Lipinski definition) is 9. The van der Waals surface area contributed by atoms with Crippen LogP contribution in [0.3, 0.4) is 0 Å². The van der Waals surface area contributed by atoms with Gasteiger partial charge in [-0.1, -0.05) is 6.07 Å². The van der Waals surface area contributed by atoms with Gasteiger partial charge in [0.2, 0.25) is 0 Å². The number of hydrogen-bond donors (Lipinski definition) is 0. The van der Waals surface area contributed by atoms with Crippen LogP contribution in [0.2, 0.25) is 0 Å². The lowest BCUT2D eigenvalue weighted by atomic mass is 10.2. The fourth-order valence-electron chi connectivity index (χ4n) is 3.13. The highest BCUT2D eigenvalue weighted by Crippen LogP contribution is 2.25. The summed E-state index contributed by atoms with van der Waals surface area (Å²) in [4.78, 5) is 42.2. The number of ether oxygens (including phenoxy) is 1. The Hall–Kier alpha value is -3.54. The predicted molar refractivity (Wildman–Crippen MR) is 110 cm³/mol. The SMILES string of the molecule is CS(=O)(=O)c1ccc(C(=O)OCC(=O)N2CCN(c3ccccn3)CC2)cc1[N+](=O)[O-]. The molecule has 1 aromatic carbocycles. The highest BCUT2D eigenvalue weighted by molar-refractivity contribution is 7.90. The monoisotopic (exact) mass is 448 g/mol. The van der Waals surface area contributed by atoms with Crippen LogP contribution in [0, 0.1) is 10.1 Å². The molecule has 164 valence electrons. The molecule has 0 atom stereocenters. The normalized spacial score (nSPS) is 14.2. The van der Waals surface area contributed by atoms with Gasteiger partial charge in [-0.2, -0.15) is 0 Å². The lowest BCUT2D eigenvalue weighted by Crippen LogP contribution is -2.50. The first-order chi connectivity index (χ1) is 14.7. The number of piperazine rings is 1. The molecule has 1 amide bonds. The summed E-state index contributed by atoms with van der Waals surface area (Å²) < 4.78 is 28.3. The van der Waals surface area contributed by atoms with Gasteiger partial charge >= 0.3 is 5.97 Å². The molecule has 2 heterocycles. The van der Waals surface area contributed by atoms with Crippen LogP contribution >= 0.6 is 0 Å². The molecule has 1 saturated heterocycles. The van der Waals surface area contributed by atoms with Gasteiger partial charge in [0.1, 0.15) is 10.7 Å². The fourth-order valence-corrected chi connectivity index (χ4v) is 3.96. The summed E-state index contributed by atoms with van der Waals surface area (Å²) in [5.74, 6) is -0.528. The maximum atomic E-state index is 12.4. The minimum atomic E-state index is -3.85. The summed E-state index contributed by atoms with van der Waals surface area (Å²) in [6.07, 6.45) is 2.53. The Morgan fingerprint density at radius 3 is 2.45 bits per heavy atom. The van der Waals surface area contributed by atoms with Crippen molar-refractivity contribution in [3.8, 4) is 0 Å². The van der Waals surface area contributed by atoms with Crippen molar-refractivity contribution in [3.63, 3.8) is 0 Å². The third-order valence-electron chi connectivity index (χ3n) is 4.72. The number of nitro groups is 1. The second-order valence-electron chi connectivity index (χ2n) is 6.84. The van der Waals surface area contributed by atoms with Crippen molar-refractivity contribution in [1.82, 2.24) is 9.88 Å². The van der Waals surface area contributed by atoms with Crippen molar-refractivity contribution in [2.75, 3.05) is 43.9 Å². The van der Waals surface area contributed by atoms with E-state index in [1.807, 2.05) is 23.1 Å². The van der Waals surface area contributed by atoms with Gasteiger partial charge in [0.15, 0.2) is 16.4 Å². The fraction of sp³-hybridized carbons (Fsp3) is 0.316. The highest BCUT2D eigenvalue weighted by atomic mass is 32.2. The zero-order chi connectivity index (χ0) is 22.6. The van der Waals surface area contributed by atoms with E-state index in [1.165, 1.54) is 0 Å². The van der Waals surface area contributed by atoms with E-state index in [0.29, 0.717) is 26.2 Å². The summed E-state index contributed by atoms with van der Waals surface area (Å²) >= 11 is 0. The van der Waals surface area contributed by atoms with Crippen molar-refractivity contribution in [2.24, 2.45) is 0 Å². The van der Waals surface area contributed by atoms with Crippen LogP contribution in [0.5, 0.6) is 0 Å². The molecule has 1 fully saturated rings. The largest absolute Gasteiger partial charge is 0.452 e. The minimum absolute atomic E-state index is 0.216. The second kappa shape index (κ2) is 9.08. The molecule has 0 bridgehead atoms. The first-order valence-corrected chi connectivity index (χ1v) is 11.2. The first kappa shape index (κ1) is 22.2. The Morgan fingerprint density at radius 1 is 1.16 bits per heavy atom. The summed E-state index contributed by atoms with van der Waals surface area (Å²) in [5.41, 5.74) is -0.944. The first-order valence-electron chi connectivity index (χ1n) is 9.26. The highest BCUT2D eigenvalue weighted by Gasteiger charge is 2.26. The quantitative estimate of drug-likeness (QED) is 0.358. The number of benzene rings is 1. The maximum absolute atomic E-state index is 12.4. The molecule has 0 N–H and O–H groups in total. The number of aromatic nitrogens is 1. The number of carbonyl (C=O) groups excluding carboxylic acids is 2. The molecule has 2 aromatic rings. The average Bonchev–Trinajstić information content (AvgIpc) is 2.76. The molecule has 11 nitrogen and oxygen atoms in total. The Balaban J connectivity index is 1.58. The molecular formula is C19H20N4O7S. The predicted octanol–water partition coefficient (Wildman–Crippen LogP) is 0.899. The number of esters is 1. The summed E-state index contributed by atoms with van der Waals surface area (Å²) in [7, 11) is -3.85. The zero-order valence-electron chi connectivity index (χ0n) is 16.6. The van der Waals surface area contributed by atoms with Gasteiger partial charge in [-0.15, -0.1) is 0 Å². The molecule has 0 spiro atoms. The molecule has 1 aliphatic heterocycles. The molecular weight excluding hydrogens is 428 g/mol. The van der Waals surface area contributed by atoms with Crippen LogP contribution in [0.15, 0.2) is 47.5 Å². The number of nitrogens with zero attached hydrogens (tertiary/aromatic N) is 4. The van der Waals surface area contributed by atoms with Gasteiger partial charge in [0.05, 0.1) is 10.5 Å². The summed E-state index contributed by atoms with van der Waals surface area (Å²) in [6, 6.07) is 8.50. The van der Waals surface area contributed by atoms with E-state index in [4.69, 9.17) is 4.74 Å². The van der Waals surface area contributed by atoms with Gasteiger partial charge in [-0.05, 0) is 24.3 Å². The topological polar surface area (TPSA) is 140 Å². The number of anilines is 1. The van der Waals surface area contributed by atoms with E-state index >= 15 is 0 Å². The molecule has 1 aliphatic rings. The van der Waals surface area contributed by atoms with Crippen LogP contribution in [0.25, 0.3) is 0 Å². The number of nitro benzene ring substituents is 1. The van der Waals surface area contributed by atoms with E-state index < -0.39 is 43.8 Å². The van der Waals surface area contributed by atoms with Crippen LogP contribution < -0.4 is 4.90 Å². The Bertz CT molecular complexity index is 1100. The van der Waals surface area contributed by atoms with Gasteiger partial charge in [-0.3, -0.25) is 14.9 Å². The Labute approximate surface area is 178 Å². The number of carbonyl (C=O) groups is 2. The molecule has 12 heteroatoms. The van der Waals surface area contributed by atoms with E-state index in [-0.39, 0.29) is 5.56 Å². The average molecular weight is 448 g/mol. The van der Waals surface area contributed by atoms with E-state index in [0.717, 1.165) is 30.3 Å². The van der Waals surface area contributed by atoms with Crippen molar-refractivity contribution in [2.45, 2.75) is 4.90 Å². The number of amides is 1. The van der Waals surface area contributed by atoms with Crippen molar-refractivity contribution in [1.29, 1.82) is 0 Å². The lowest BCUT2D eigenvalue weighted by Gasteiger charge is -2.35. The standard InChI is InChI=1S/C19H20N4O7S/c1-31(28,29)16-6-5-14(12-15(16)23(26)27)19(25)30-13-18(24)22-10-8-21(9-11-22)17-4-2-3-7-20-17/h2-7,12H,8-11,13H2,1H3. The van der Waals surface area contributed by atoms with Gasteiger partial charge in [-0.25, -0.2) is 18.2 Å². The third kappa shape index (κ3) is 5.34. The minimum Gasteiger partial charge on any atom is -0.452 e. The number of rotatable bonds is 6. The van der Waals surface area contributed by atoms with Crippen LogP contribution in [-0.4, -0.2) is 74.1 Å². The van der Waals surface area contributed by atoms with E-state index in [1.54, 1.807) is 11.1 Å². The summed E-state index contributed by atoms with van der Waals surface area (Å²) in [6.45, 7) is 1.50. The molecule has 0 aliphatic carbocycles. The Kier molecular flexibility index (Phi) is 6.49. The molecule has 0 radical (unpaired) electrons. The van der Waals surface area contributed by atoms with Crippen LogP contribution in [0.4, 0.5) is 11.5 Å². The van der Waals surface area contributed by atoms with E-state index in [2.05, 4.69) is 4.98 Å². The second-order valence-corrected chi connectivity index (χ2v) is 8.83. The third-order valence-corrected chi connectivity index (χ3v) is 5.87. The van der Waals surface area contributed by atoms with Crippen LogP contribution in [0.1, 0.15) is 10.4 Å². The lowest BCUT2D eigenvalue weighted by molar-refractivity contribution is -0.387. The molecule has 0 unspecified atom stereocenters. The van der Waals surface area contributed by atoms with Gasteiger partial charge in [0.25, 0.3) is 11.6 Å². The van der Waals surface area contributed by atoms with Gasteiger partial charge < -0.3 is 14.5 Å². The van der Waals surface area contributed by atoms with Crippen molar-refractivity contribution >= 4 is 33.2 Å². The summed E-state index contributed by atoms with van der Waals surface area (Å²) in [5, 5.41) is 11.2. The molecule has 1 aromatic heterocycles. The zero-order valence-corrected chi connectivity index (χ0v) is 17.4. The maximum Gasteiger partial charge on any atom is 0.338 e. The number of sulfone groups is 1.